The zero-order chi connectivity index (χ0) is 17.6. The van der Waals surface area contributed by atoms with Crippen molar-refractivity contribution in [3.8, 4) is 0 Å². The molecule has 6 heteroatoms. The Labute approximate surface area is 138 Å². The van der Waals surface area contributed by atoms with E-state index >= 15 is 0 Å². The first-order chi connectivity index (χ1) is 10.8. The van der Waals surface area contributed by atoms with Gasteiger partial charge in [-0.2, -0.15) is 0 Å². The summed E-state index contributed by atoms with van der Waals surface area (Å²) in [5.41, 5.74) is 0. The number of nitrogens with one attached hydrogen (secondary N) is 1. The minimum Gasteiger partial charge on any atom is -0.469 e. The van der Waals surface area contributed by atoms with E-state index in [2.05, 4.69) is 5.32 Å². The van der Waals surface area contributed by atoms with Gasteiger partial charge in [0.05, 0.1) is 19.4 Å². The lowest BCUT2D eigenvalue weighted by Crippen LogP contribution is -2.50. The molecule has 0 saturated carbocycles. The third kappa shape index (κ3) is 5.22. The van der Waals surface area contributed by atoms with E-state index in [0.717, 1.165) is 12.8 Å². The highest BCUT2D eigenvalue weighted by Crippen LogP contribution is 2.27. The van der Waals surface area contributed by atoms with E-state index in [0.29, 0.717) is 13.0 Å². The van der Waals surface area contributed by atoms with Crippen molar-refractivity contribution in [2.75, 3.05) is 13.7 Å². The SMILES string of the molecule is CC[C@@H](C)[C@H](CC(=O)OC)C(=O)N1CCC[C@H]1C(=O)NC(C)C. The summed E-state index contributed by atoms with van der Waals surface area (Å²) in [6.45, 7) is 8.33. The zero-order valence-corrected chi connectivity index (χ0v) is 14.9. The summed E-state index contributed by atoms with van der Waals surface area (Å²) in [7, 11) is 1.33. The van der Waals surface area contributed by atoms with Crippen LogP contribution < -0.4 is 5.32 Å². The highest BCUT2D eigenvalue weighted by molar-refractivity contribution is 5.90. The van der Waals surface area contributed by atoms with Crippen LogP contribution in [0.1, 0.15) is 53.4 Å². The first kappa shape index (κ1) is 19.5. The summed E-state index contributed by atoms with van der Waals surface area (Å²) in [4.78, 5) is 38.6. The number of amides is 2. The molecule has 1 aliphatic rings. The maximum Gasteiger partial charge on any atom is 0.306 e. The molecule has 23 heavy (non-hydrogen) atoms. The lowest BCUT2D eigenvalue weighted by Gasteiger charge is -2.30. The molecule has 0 aliphatic carbocycles. The topological polar surface area (TPSA) is 75.7 Å². The predicted octanol–water partition coefficient (Wildman–Crippen LogP) is 1.73. The minimum absolute atomic E-state index is 0.0421. The number of carbonyl (C=O) groups excluding carboxylic acids is 3. The summed E-state index contributed by atoms with van der Waals surface area (Å²) in [5, 5.41) is 2.88. The second-order valence-electron chi connectivity index (χ2n) is 6.63. The van der Waals surface area contributed by atoms with E-state index in [1.54, 1.807) is 4.90 Å². The van der Waals surface area contributed by atoms with Crippen LogP contribution in [0.5, 0.6) is 0 Å². The van der Waals surface area contributed by atoms with Crippen LogP contribution in [-0.2, 0) is 19.1 Å². The molecule has 1 saturated heterocycles. The van der Waals surface area contributed by atoms with Gasteiger partial charge in [0.25, 0.3) is 0 Å². The normalized spacial score (nSPS) is 20.3. The van der Waals surface area contributed by atoms with Crippen LogP contribution in [-0.4, -0.2) is 48.4 Å². The third-order valence-corrected chi connectivity index (χ3v) is 4.53. The molecule has 132 valence electrons. The molecule has 0 aromatic rings. The van der Waals surface area contributed by atoms with E-state index in [1.807, 2.05) is 27.7 Å². The molecule has 0 radical (unpaired) electrons. The zero-order valence-electron chi connectivity index (χ0n) is 14.9. The van der Waals surface area contributed by atoms with E-state index < -0.39 is 12.0 Å². The van der Waals surface area contributed by atoms with Crippen molar-refractivity contribution in [3.05, 3.63) is 0 Å². The summed E-state index contributed by atoms with van der Waals surface area (Å²) in [6.07, 6.45) is 2.35. The lowest BCUT2D eigenvalue weighted by atomic mass is 9.87. The first-order valence-electron chi connectivity index (χ1n) is 8.49. The monoisotopic (exact) mass is 326 g/mol. The van der Waals surface area contributed by atoms with Crippen LogP contribution >= 0.6 is 0 Å². The molecule has 1 N–H and O–H groups in total. The fraction of sp³-hybridized carbons (Fsp3) is 0.824. The summed E-state index contributed by atoms with van der Waals surface area (Å²) in [5.74, 6) is -0.958. The Bertz CT molecular complexity index is 436. The average molecular weight is 326 g/mol. The Hall–Kier alpha value is -1.59. The van der Waals surface area contributed by atoms with E-state index in [1.165, 1.54) is 7.11 Å². The maximum absolute atomic E-state index is 12.9. The smallest absolute Gasteiger partial charge is 0.306 e. The van der Waals surface area contributed by atoms with E-state index in [-0.39, 0.29) is 36.2 Å². The Morgan fingerprint density at radius 1 is 1.26 bits per heavy atom. The average Bonchev–Trinajstić information content (AvgIpc) is 2.99. The van der Waals surface area contributed by atoms with E-state index in [4.69, 9.17) is 4.74 Å². The van der Waals surface area contributed by atoms with E-state index in [9.17, 15) is 14.4 Å². The molecule has 2 amide bonds. The van der Waals surface area contributed by atoms with Crippen molar-refractivity contribution in [3.63, 3.8) is 0 Å². The van der Waals surface area contributed by atoms with Gasteiger partial charge >= 0.3 is 5.97 Å². The molecule has 0 aromatic heterocycles. The lowest BCUT2D eigenvalue weighted by molar-refractivity contribution is -0.149. The Morgan fingerprint density at radius 3 is 2.43 bits per heavy atom. The number of carbonyl (C=O) groups is 3. The first-order valence-corrected chi connectivity index (χ1v) is 8.49. The molecule has 6 nitrogen and oxygen atoms in total. The molecule has 0 bridgehead atoms. The van der Waals surface area contributed by atoms with Gasteiger partial charge in [0.2, 0.25) is 11.8 Å². The van der Waals surface area contributed by atoms with Gasteiger partial charge < -0.3 is 15.0 Å². The van der Waals surface area contributed by atoms with Gasteiger partial charge in [0.1, 0.15) is 6.04 Å². The van der Waals surface area contributed by atoms with Crippen molar-refractivity contribution < 1.29 is 19.1 Å². The van der Waals surface area contributed by atoms with Gasteiger partial charge in [-0.05, 0) is 32.6 Å². The van der Waals surface area contributed by atoms with Gasteiger partial charge in [-0.15, -0.1) is 0 Å². The van der Waals surface area contributed by atoms with Gasteiger partial charge in [-0.3, -0.25) is 14.4 Å². The molecule has 0 spiro atoms. The minimum atomic E-state index is -0.431. The van der Waals surface area contributed by atoms with Gasteiger partial charge in [0.15, 0.2) is 0 Å². The molecule has 3 atom stereocenters. The standard InChI is InChI=1S/C17H30N2O4/c1-6-12(4)13(10-15(20)23-5)17(22)19-9-7-8-14(19)16(21)18-11(2)3/h11-14H,6-10H2,1-5H3,(H,18,21)/t12-,13+,14+/m1/s1. The fourth-order valence-electron chi connectivity index (χ4n) is 2.98. The third-order valence-electron chi connectivity index (χ3n) is 4.53. The highest BCUT2D eigenvalue weighted by atomic mass is 16.5. The van der Waals surface area contributed by atoms with Crippen LogP contribution in [0.2, 0.25) is 0 Å². The van der Waals surface area contributed by atoms with Crippen molar-refractivity contribution in [1.29, 1.82) is 0 Å². The largest absolute Gasteiger partial charge is 0.469 e. The maximum atomic E-state index is 12.9. The molecule has 0 aromatic carbocycles. The number of rotatable bonds is 7. The predicted molar refractivity (Wildman–Crippen MR) is 87.6 cm³/mol. The number of ether oxygens (including phenoxy) is 1. The molecule has 1 aliphatic heterocycles. The quantitative estimate of drug-likeness (QED) is 0.723. The van der Waals surface area contributed by atoms with Crippen molar-refractivity contribution in [2.45, 2.75) is 65.5 Å². The second-order valence-corrected chi connectivity index (χ2v) is 6.63. The Morgan fingerprint density at radius 2 is 1.91 bits per heavy atom. The molecule has 1 rings (SSSR count). The molecular weight excluding hydrogens is 296 g/mol. The summed E-state index contributed by atoms with van der Waals surface area (Å²) < 4.78 is 4.73. The number of hydrogen-bond donors (Lipinski definition) is 1. The van der Waals surface area contributed by atoms with Crippen LogP contribution in [0.25, 0.3) is 0 Å². The van der Waals surface area contributed by atoms with Gasteiger partial charge in [-0.25, -0.2) is 0 Å². The van der Waals surface area contributed by atoms with Crippen molar-refractivity contribution in [2.24, 2.45) is 11.8 Å². The number of likely N-dealkylation sites (tertiary alicyclic amines) is 1. The highest BCUT2D eigenvalue weighted by Gasteiger charge is 2.39. The summed E-state index contributed by atoms with van der Waals surface area (Å²) >= 11 is 0. The number of hydrogen-bond acceptors (Lipinski definition) is 4. The molecule has 1 heterocycles. The van der Waals surface area contributed by atoms with Gasteiger partial charge in [-0.1, -0.05) is 20.3 Å². The number of methoxy groups -OCH3 is 1. The Balaban J connectivity index is 2.88. The van der Waals surface area contributed by atoms with Crippen LogP contribution in [0.15, 0.2) is 0 Å². The summed E-state index contributed by atoms with van der Waals surface area (Å²) in [6, 6.07) is -0.380. The van der Waals surface area contributed by atoms with Crippen molar-refractivity contribution in [1.82, 2.24) is 10.2 Å². The second kappa shape index (κ2) is 8.89. The molecular formula is C17H30N2O4. The van der Waals surface area contributed by atoms with Crippen LogP contribution in [0.3, 0.4) is 0 Å². The van der Waals surface area contributed by atoms with Crippen molar-refractivity contribution >= 4 is 17.8 Å². The Kier molecular flexibility index (Phi) is 7.52. The number of esters is 1. The fourth-order valence-corrected chi connectivity index (χ4v) is 2.98. The van der Waals surface area contributed by atoms with Crippen LogP contribution in [0, 0.1) is 11.8 Å². The molecule has 0 unspecified atom stereocenters. The van der Waals surface area contributed by atoms with Gasteiger partial charge in [0, 0.05) is 12.6 Å². The van der Waals surface area contributed by atoms with Crippen LogP contribution in [0.4, 0.5) is 0 Å². The number of nitrogens with zero attached hydrogens (tertiary/aromatic N) is 1. The molecule has 1 fully saturated rings.